The Bertz CT molecular complexity index is 926. The molecule has 1 N–H and O–H groups in total. The van der Waals surface area contributed by atoms with Crippen LogP contribution < -0.4 is 10.1 Å². The average molecular weight is 381 g/mol. The summed E-state index contributed by atoms with van der Waals surface area (Å²) in [5.74, 6) is 0.554. The predicted octanol–water partition coefficient (Wildman–Crippen LogP) is 0.672. The number of rotatable bonds is 5. The van der Waals surface area contributed by atoms with Gasteiger partial charge >= 0.3 is 0 Å². The highest BCUT2D eigenvalue weighted by Gasteiger charge is 2.38. The van der Waals surface area contributed by atoms with Gasteiger partial charge in [-0.15, -0.1) is 0 Å². The van der Waals surface area contributed by atoms with E-state index >= 15 is 0 Å². The van der Waals surface area contributed by atoms with Gasteiger partial charge in [-0.3, -0.25) is 10.1 Å². The smallest absolute Gasteiger partial charge is 0.273 e. The number of aromatic nitrogens is 2. The Balaban J connectivity index is 2.06. The minimum absolute atomic E-state index is 0.0590. The number of ether oxygens (including phenoxy) is 1. The fourth-order valence-electron chi connectivity index (χ4n) is 3.00. The van der Waals surface area contributed by atoms with E-state index in [2.05, 4.69) is 10.3 Å². The number of sulfonamides is 1. The van der Waals surface area contributed by atoms with Crippen LogP contribution in [0.4, 0.5) is 5.69 Å². The van der Waals surface area contributed by atoms with Gasteiger partial charge in [0.25, 0.3) is 5.69 Å². The molecular formula is C15H19N5O5S. The van der Waals surface area contributed by atoms with Gasteiger partial charge in [-0.25, -0.2) is 13.4 Å². The Morgan fingerprint density at radius 1 is 1.42 bits per heavy atom. The van der Waals surface area contributed by atoms with E-state index in [-0.39, 0.29) is 22.9 Å². The van der Waals surface area contributed by atoms with Crippen LogP contribution in [0.15, 0.2) is 35.5 Å². The molecule has 10 nitrogen and oxygen atoms in total. The summed E-state index contributed by atoms with van der Waals surface area (Å²) in [5, 5.41) is 14.1. The number of nitro groups is 1. The van der Waals surface area contributed by atoms with Gasteiger partial charge in [0.2, 0.25) is 10.0 Å². The normalized spacial score (nSPS) is 18.6. The maximum Gasteiger partial charge on any atom is 0.273 e. The van der Waals surface area contributed by atoms with Gasteiger partial charge in [0, 0.05) is 45.1 Å². The molecule has 26 heavy (non-hydrogen) atoms. The molecule has 2 aromatic rings. The van der Waals surface area contributed by atoms with Crippen LogP contribution in [-0.4, -0.2) is 53.9 Å². The van der Waals surface area contributed by atoms with Gasteiger partial charge in [-0.2, -0.15) is 4.31 Å². The van der Waals surface area contributed by atoms with Gasteiger partial charge in [0.1, 0.15) is 16.5 Å². The van der Waals surface area contributed by atoms with E-state index in [4.69, 9.17) is 4.74 Å². The zero-order chi connectivity index (χ0) is 18.9. The van der Waals surface area contributed by atoms with Crippen molar-refractivity contribution in [1.82, 2.24) is 19.2 Å². The number of benzene rings is 1. The van der Waals surface area contributed by atoms with Crippen LogP contribution in [0.3, 0.4) is 0 Å². The maximum absolute atomic E-state index is 13.3. The van der Waals surface area contributed by atoms with Crippen LogP contribution in [0.2, 0.25) is 0 Å². The zero-order valence-corrected chi connectivity index (χ0v) is 15.1. The second-order valence-corrected chi connectivity index (χ2v) is 7.68. The lowest BCUT2D eigenvalue weighted by Gasteiger charge is -2.34. The van der Waals surface area contributed by atoms with Crippen LogP contribution >= 0.6 is 0 Å². The summed E-state index contributed by atoms with van der Waals surface area (Å²) in [5.41, 5.74) is -0.234. The lowest BCUT2D eigenvalue weighted by atomic mass is 10.2. The van der Waals surface area contributed by atoms with Gasteiger partial charge in [0.05, 0.1) is 24.1 Å². The zero-order valence-electron chi connectivity index (χ0n) is 14.3. The Hall–Kier alpha value is -2.50. The molecule has 1 atom stereocenters. The lowest BCUT2D eigenvalue weighted by molar-refractivity contribution is -0.385. The lowest BCUT2D eigenvalue weighted by Crippen LogP contribution is -2.49. The number of nitro benzene ring substituents is 1. The first-order chi connectivity index (χ1) is 12.4. The molecule has 3 rings (SSSR count). The summed E-state index contributed by atoms with van der Waals surface area (Å²) in [6, 6.07) is 3.00. The number of nitrogens with zero attached hydrogens (tertiary/aromatic N) is 4. The van der Waals surface area contributed by atoms with Crippen LogP contribution in [0.5, 0.6) is 5.75 Å². The quantitative estimate of drug-likeness (QED) is 0.597. The van der Waals surface area contributed by atoms with Crippen molar-refractivity contribution in [1.29, 1.82) is 0 Å². The molecule has 0 spiro atoms. The standard InChI is InChI=1S/C15H19N5O5S/c1-18-7-6-17-15(18)12-10-16-5-8-19(12)26(23,24)14-4-3-11(20(21)22)9-13(14)25-2/h3-4,6-7,9,12,16H,5,8,10H2,1-2H3. The van der Waals surface area contributed by atoms with E-state index in [0.717, 1.165) is 12.1 Å². The molecule has 1 aliphatic heterocycles. The van der Waals surface area contributed by atoms with Crippen molar-refractivity contribution < 1.29 is 18.1 Å². The summed E-state index contributed by atoms with van der Waals surface area (Å²) in [6.45, 7) is 1.16. The van der Waals surface area contributed by atoms with E-state index in [1.165, 1.54) is 17.5 Å². The fourth-order valence-corrected chi connectivity index (χ4v) is 4.73. The van der Waals surface area contributed by atoms with Crippen molar-refractivity contribution in [3.05, 3.63) is 46.5 Å². The third-order valence-electron chi connectivity index (χ3n) is 4.30. The van der Waals surface area contributed by atoms with Crippen molar-refractivity contribution >= 4 is 15.7 Å². The third-order valence-corrected chi connectivity index (χ3v) is 6.24. The number of hydrogen-bond donors (Lipinski definition) is 1. The largest absolute Gasteiger partial charge is 0.495 e. The van der Waals surface area contributed by atoms with Gasteiger partial charge < -0.3 is 14.6 Å². The number of methoxy groups -OCH3 is 1. The van der Waals surface area contributed by atoms with Gasteiger partial charge in [-0.05, 0) is 6.07 Å². The first kappa shape index (κ1) is 18.3. The number of hydrogen-bond acceptors (Lipinski definition) is 7. The maximum atomic E-state index is 13.3. The molecule has 1 unspecified atom stereocenters. The van der Waals surface area contributed by atoms with Crippen molar-refractivity contribution in [2.45, 2.75) is 10.9 Å². The SMILES string of the molecule is COc1cc([N+](=O)[O-])ccc1S(=O)(=O)N1CCNCC1c1nccn1C. The third kappa shape index (κ3) is 3.16. The van der Waals surface area contributed by atoms with E-state index in [1.807, 2.05) is 0 Å². The fraction of sp³-hybridized carbons (Fsp3) is 0.400. The Labute approximate surface area is 150 Å². The average Bonchev–Trinajstić information content (AvgIpc) is 3.06. The van der Waals surface area contributed by atoms with Crippen LogP contribution in [-0.2, 0) is 17.1 Å². The topological polar surface area (TPSA) is 120 Å². The first-order valence-electron chi connectivity index (χ1n) is 7.88. The number of piperazine rings is 1. The Morgan fingerprint density at radius 2 is 2.19 bits per heavy atom. The molecule has 1 fully saturated rings. The van der Waals surface area contributed by atoms with E-state index in [9.17, 15) is 18.5 Å². The molecule has 0 saturated carbocycles. The minimum Gasteiger partial charge on any atom is -0.495 e. The number of aryl methyl sites for hydroxylation is 1. The van der Waals surface area contributed by atoms with Crippen molar-refractivity contribution in [3.8, 4) is 5.75 Å². The Kier molecular flexibility index (Phi) is 4.94. The van der Waals surface area contributed by atoms with Crippen LogP contribution in [0.25, 0.3) is 0 Å². The number of imidazole rings is 1. The van der Waals surface area contributed by atoms with Gasteiger partial charge in [0.15, 0.2) is 0 Å². The summed E-state index contributed by atoms with van der Waals surface area (Å²) in [4.78, 5) is 14.5. The molecule has 0 bridgehead atoms. The molecular weight excluding hydrogens is 362 g/mol. The second-order valence-electron chi connectivity index (χ2n) is 5.82. The van der Waals surface area contributed by atoms with Crippen LogP contribution in [0.1, 0.15) is 11.9 Å². The molecule has 11 heteroatoms. The summed E-state index contributed by atoms with van der Waals surface area (Å²) >= 11 is 0. The highest BCUT2D eigenvalue weighted by molar-refractivity contribution is 7.89. The monoisotopic (exact) mass is 381 g/mol. The molecule has 2 heterocycles. The van der Waals surface area contributed by atoms with E-state index < -0.39 is 21.0 Å². The molecule has 140 valence electrons. The molecule has 1 aliphatic rings. The highest BCUT2D eigenvalue weighted by atomic mass is 32.2. The molecule has 1 saturated heterocycles. The molecule has 1 aromatic heterocycles. The molecule has 0 radical (unpaired) electrons. The molecule has 1 aromatic carbocycles. The number of non-ortho nitro benzene ring substituents is 1. The Morgan fingerprint density at radius 3 is 2.81 bits per heavy atom. The van der Waals surface area contributed by atoms with E-state index in [1.54, 1.807) is 24.0 Å². The highest BCUT2D eigenvalue weighted by Crippen LogP contribution is 2.34. The van der Waals surface area contributed by atoms with E-state index in [0.29, 0.717) is 18.9 Å². The minimum atomic E-state index is -3.95. The summed E-state index contributed by atoms with van der Waals surface area (Å²) in [6.07, 6.45) is 3.36. The predicted molar refractivity (Wildman–Crippen MR) is 92.4 cm³/mol. The van der Waals surface area contributed by atoms with Crippen molar-refractivity contribution in [3.63, 3.8) is 0 Å². The van der Waals surface area contributed by atoms with Crippen molar-refractivity contribution in [2.75, 3.05) is 26.7 Å². The second kappa shape index (κ2) is 7.02. The number of nitrogens with one attached hydrogen (secondary N) is 1. The molecule has 0 aliphatic carbocycles. The molecule has 0 amide bonds. The summed E-state index contributed by atoms with van der Waals surface area (Å²) in [7, 11) is -0.863. The first-order valence-corrected chi connectivity index (χ1v) is 9.32. The van der Waals surface area contributed by atoms with Crippen molar-refractivity contribution in [2.24, 2.45) is 7.05 Å². The summed E-state index contributed by atoms with van der Waals surface area (Å²) < 4.78 is 34.8. The van der Waals surface area contributed by atoms with Gasteiger partial charge in [-0.1, -0.05) is 0 Å². The van der Waals surface area contributed by atoms with Crippen LogP contribution in [0, 0.1) is 10.1 Å².